The van der Waals surface area contributed by atoms with Gasteiger partial charge in [0.15, 0.2) is 0 Å². The van der Waals surface area contributed by atoms with Gasteiger partial charge in [-0.2, -0.15) is 0 Å². The number of hydrogen-bond donors (Lipinski definition) is 0. The fourth-order valence-corrected chi connectivity index (χ4v) is 2.76. The molecule has 3 heteroatoms. The van der Waals surface area contributed by atoms with Crippen LogP contribution in [0.3, 0.4) is 0 Å². The monoisotopic (exact) mass is 248 g/mol. The molecule has 3 nitrogen and oxygen atoms in total. The van der Waals surface area contributed by atoms with E-state index in [0.29, 0.717) is 17.9 Å². The quantitative estimate of drug-likeness (QED) is 0.438. The number of allylic oxidation sites excluding steroid dienone is 1. The predicted octanol–water partition coefficient (Wildman–Crippen LogP) is 2.81. The third kappa shape index (κ3) is 2.55. The Hall–Kier alpha value is -1.38. The lowest BCUT2D eigenvalue weighted by molar-refractivity contribution is -0.137. The Kier molecular flexibility index (Phi) is 3.69. The van der Waals surface area contributed by atoms with E-state index in [-0.39, 0.29) is 23.8 Å². The minimum absolute atomic E-state index is 0.134. The summed E-state index contributed by atoms with van der Waals surface area (Å²) in [6.07, 6.45) is 5.22. The van der Waals surface area contributed by atoms with Crippen LogP contribution in [0.15, 0.2) is 23.8 Å². The zero-order valence-electron chi connectivity index (χ0n) is 11.1. The second-order valence-corrected chi connectivity index (χ2v) is 5.42. The molecular formula is C15H20O3. The smallest absolute Gasteiger partial charge is 0.334 e. The Bertz CT molecular complexity index is 419. The number of ether oxygens (including phenoxy) is 1. The van der Waals surface area contributed by atoms with Crippen LogP contribution in [0, 0.1) is 11.8 Å². The first-order chi connectivity index (χ1) is 8.49. The van der Waals surface area contributed by atoms with Crippen molar-refractivity contribution in [1.82, 2.24) is 0 Å². The van der Waals surface area contributed by atoms with E-state index < -0.39 is 0 Å². The van der Waals surface area contributed by atoms with Crippen molar-refractivity contribution in [3.8, 4) is 0 Å². The van der Waals surface area contributed by atoms with Gasteiger partial charge < -0.3 is 9.53 Å². The van der Waals surface area contributed by atoms with Gasteiger partial charge in [-0.25, -0.2) is 4.79 Å². The van der Waals surface area contributed by atoms with Crippen LogP contribution in [0.2, 0.25) is 0 Å². The van der Waals surface area contributed by atoms with Crippen LogP contribution in [-0.4, -0.2) is 17.9 Å². The third-order valence-corrected chi connectivity index (χ3v) is 4.04. The van der Waals surface area contributed by atoms with Gasteiger partial charge in [0.2, 0.25) is 0 Å². The second kappa shape index (κ2) is 5.09. The van der Waals surface area contributed by atoms with E-state index in [1.165, 1.54) is 5.57 Å². The van der Waals surface area contributed by atoms with Gasteiger partial charge in [0, 0.05) is 17.9 Å². The molecule has 0 unspecified atom stereocenters. The van der Waals surface area contributed by atoms with Crippen LogP contribution in [0.4, 0.5) is 0 Å². The zero-order chi connectivity index (χ0) is 13.3. The first-order valence-corrected chi connectivity index (χ1v) is 6.59. The molecule has 18 heavy (non-hydrogen) atoms. The molecule has 1 aliphatic heterocycles. The summed E-state index contributed by atoms with van der Waals surface area (Å²) < 4.78 is 5.34. The largest absolute Gasteiger partial charge is 0.454 e. The van der Waals surface area contributed by atoms with Crippen LogP contribution in [0.1, 0.15) is 39.5 Å². The number of Topliss-reactive ketones (excluding diaryl/α,β-unsaturated/α-hetero) is 1. The number of rotatable bonds is 3. The van der Waals surface area contributed by atoms with E-state index in [9.17, 15) is 9.59 Å². The summed E-state index contributed by atoms with van der Waals surface area (Å²) in [5, 5.41) is 0. The highest BCUT2D eigenvalue weighted by atomic mass is 16.5. The van der Waals surface area contributed by atoms with E-state index in [0.717, 1.165) is 19.3 Å². The predicted molar refractivity (Wildman–Crippen MR) is 68.9 cm³/mol. The summed E-state index contributed by atoms with van der Waals surface area (Å²) in [7, 11) is 0. The second-order valence-electron chi connectivity index (χ2n) is 5.42. The molecule has 0 saturated carbocycles. The van der Waals surface area contributed by atoms with Crippen molar-refractivity contribution in [2.24, 2.45) is 11.8 Å². The van der Waals surface area contributed by atoms with Crippen LogP contribution in [0.5, 0.6) is 0 Å². The Morgan fingerprint density at radius 3 is 2.89 bits per heavy atom. The first-order valence-electron chi connectivity index (χ1n) is 6.59. The normalized spacial score (nSPS) is 31.4. The highest BCUT2D eigenvalue weighted by Crippen LogP contribution is 2.38. The summed E-state index contributed by atoms with van der Waals surface area (Å²) in [4.78, 5) is 22.6. The molecule has 0 N–H and O–H groups in total. The van der Waals surface area contributed by atoms with Crippen molar-refractivity contribution in [1.29, 1.82) is 0 Å². The zero-order valence-corrected chi connectivity index (χ0v) is 11.1. The summed E-state index contributed by atoms with van der Waals surface area (Å²) in [5.74, 6) is 0.537. The fourth-order valence-electron chi connectivity index (χ4n) is 2.76. The van der Waals surface area contributed by atoms with Crippen molar-refractivity contribution in [2.45, 2.75) is 45.6 Å². The molecule has 1 aliphatic carbocycles. The average Bonchev–Trinajstić information content (AvgIpc) is 2.47. The summed E-state index contributed by atoms with van der Waals surface area (Å²) in [5.41, 5.74) is 1.86. The van der Waals surface area contributed by atoms with Gasteiger partial charge in [-0.15, -0.1) is 0 Å². The lowest BCUT2D eigenvalue weighted by atomic mass is 9.91. The maximum absolute atomic E-state index is 11.5. The van der Waals surface area contributed by atoms with Crippen LogP contribution < -0.4 is 0 Å². The molecule has 1 heterocycles. The van der Waals surface area contributed by atoms with E-state index >= 15 is 0 Å². The minimum Gasteiger partial charge on any atom is -0.454 e. The Morgan fingerprint density at radius 2 is 2.22 bits per heavy atom. The molecule has 0 radical (unpaired) electrons. The summed E-state index contributed by atoms with van der Waals surface area (Å²) in [6.45, 7) is 7.62. The number of fused-ring (bicyclic) bond motifs is 1. The fraction of sp³-hybridized carbons (Fsp3) is 0.600. The van der Waals surface area contributed by atoms with E-state index in [1.807, 2.05) is 0 Å². The molecule has 1 saturated heterocycles. The van der Waals surface area contributed by atoms with Gasteiger partial charge in [-0.1, -0.05) is 19.1 Å². The lowest BCUT2D eigenvalue weighted by Crippen LogP contribution is -2.12. The molecule has 3 atom stereocenters. The number of hydrogen-bond acceptors (Lipinski definition) is 3. The van der Waals surface area contributed by atoms with Crippen LogP contribution >= 0.6 is 0 Å². The van der Waals surface area contributed by atoms with Crippen molar-refractivity contribution < 1.29 is 14.3 Å². The maximum Gasteiger partial charge on any atom is 0.334 e. The Labute approximate surface area is 108 Å². The summed E-state index contributed by atoms with van der Waals surface area (Å²) in [6, 6.07) is 0. The molecule has 2 aliphatic rings. The Balaban J connectivity index is 2.15. The maximum atomic E-state index is 11.5. The van der Waals surface area contributed by atoms with Crippen molar-refractivity contribution in [2.75, 3.05) is 0 Å². The van der Waals surface area contributed by atoms with Gasteiger partial charge in [-0.05, 0) is 38.2 Å². The van der Waals surface area contributed by atoms with E-state index in [2.05, 4.69) is 19.6 Å². The highest BCUT2D eigenvalue weighted by Gasteiger charge is 2.39. The Morgan fingerprint density at radius 1 is 1.50 bits per heavy atom. The van der Waals surface area contributed by atoms with Gasteiger partial charge in [0.1, 0.15) is 11.9 Å². The minimum atomic E-state index is -0.262. The topological polar surface area (TPSA) is 43.4 Å². The average molecular weight is 248 g/mol. The van der Waals surface area contributed by atoms with Crippen molar-refractivity contribution in [3.63, 3.8) is 0 Å². The molecule has 98 valence electrons. The van der Waals surface area contributed by atoms with E-state index in [4.69, 9.17) is 4.74 Å². The third-order valence-electron chi connectivity index (χ3n) is 4.04. The lowest BCUT2D eigenvalue weighted by Gasteiger charge is -2.13. The van der Waals surface area contributed by atoms with E-state index in [1.54, 1.807) is 6.92 Å². The molecule has 0 spiro atoms. The molecule has 1 fully saturated rings. The van der Waals surface area contributed by atoms with Gasteiger partial charge in [0.25, 0.3) is 0 Å². The van der Waals surface area contributed by atoms with Crippen LogP contribution in [0.25, 0.3) is 0 Å². The number of ketones is 1. The number of esters is 1. The molecule has 0 aromatic heterocycles. The number of carbonyl (C=O) groups excluding carboxylic acids is 2. The van der Waals surface area contributed by atoms with Gasteiger partial charge in [0.05, 0.1) is 0 Å². The molecule has 2 rings (SSSR count). The number of carbonyl (C=O) groups is 2. The molecule has 0 amide bonds. The van der Waals surface area contributed by atoms with Crippen molar-refractivity contribution in [3.05, 3.63) is 23.8 Å². The van der Waals surface area contributed by atoms with Gasteiger partial charge >= 0.3 is 5.97 Å². The molecule has 0 aromatic rings. The SMILES string of the molecule is C=C1C(=O)O[C@@H]2C=C(CCC(C)=O)[C@@H](C)CC[C@@H]12. The molecular weight excluding hydrogens is 228 g/mol. The highest BCUT2D eigenvalue weighted by molar-refractivity contribution is 5.91. The summed E-state index contributed by atoms with van der Waals surface area (Å²) >= 11 is 0. The van der Waals surface area contributed by atoms with Crippen molar-refractivity contribution >= 4 is 11.8 Å². The van der Waals surface area contributed by atoms with Gasteiger partial charge in [-0.3, -0.25) is 0 Å². The molecule has 0 aromatic carbocycles. The first kappa shape index (κ1) is 13.1. The molecule has 0 bridgehead atoms. The standard InChI is InChI=1S/C15H20O3/c1-9-4-7-13-11(3)15(17)18-14(13)8-12(9)6-5-10(2)16/h8-9,13-14H,3-7H2,1-2H3/t9-,13-,14+/m0/s1. The van der Waals surface area contributed by atoms with Crippen LogP contribution in [-0.2, 0) is 14.3 Å².